The van der Waals surface area contributed by atoms with Crippen molar-refractivity contribution in [1.82, 2.24) is 19.9 Å². The van der Waals surface area contributed by atoms with Crippen molar-refractivity contribution in [2.24, 2.45) is 0 Å². The van der Waals surface area contributed by atoms with Crippen molar-refractivity contribution in [2.75, 3.05) is 24.2 Å². The van der Waals surface area contributed by atoms with E-state index in [1.54, 1.807) is 12.3 Å². The van der Waals surface area contributed by atoms with E-state index in [-0.39, 0.29) is 23.3 Å². The number of benzene rings is 1. The first kappa shape index (κ1) is 17.2. The number of hydrogen-bond acceptors (Lipinski definition) is 5. The summed E-state index contributed by atoms with van der Waals surface area (Å²) >= 11 is 0. The zero-order valence-corrected chi connectivity index (χ0v) is 14.6. The third-order valence-corrected chi connectivity index (χ3v) is 4.82. The van der Waals surface area contributed by atoms with Gasteiger partial charge in [-0.1, -0.05) is 0 Å². The van der Waals surface area contributed by atoms with Crippen LogP contribution >= 0.6 is 0 Å². The summed E-state index contributed by atoms with van der Waals surface area (Å²) in [7, 11) is 1.50. The number of carbonyl (C=O) groups excluding carboxylic acids is 1. The summed E-state index contributed by atoms with van der Waals surface area (Å²) in [4.78, 5) is 18.6. The minimum atomic E-state index is -0.480. The first-order valence-corrected chi connectivity index (χ1v) is 8.58. The maximum atomic E-state index is 14.3. The number of nitrogen functional groups attached to an aromatic ring is 1. The Morgan fingerprint density at radius 1 is 1.33 bits per heavy atom. The predicted molar refractivity (Wildman–Crippen MR) is 96.5 cm³/mol. The van der Waals surface area contributed by atoms with Crippen LogP contribution < -0.4 is 16.0 Å². The third-order valence-electron chi connectivity index (χ3n) is 4.82. The Labute approximate surface area is 153 Å². The van der Waals surface area contributed by atoms with Crippen LogP contribution in [0.25, 0.3) is 5.65 Å². The van der Waals surface area contributed by atoms with Crippen LogP contribution in [0, 0.1) is 11.6 Å². The zero-order valence-electron chi connectivity index (χ0n) is 14.6. The molecule has 1 amide bonds. The second-order valence-electron chi connectivity index (χ2n) is 6.41. The molecule has 7 nitrogen and oxygen atoms in total. The molecular weight excluding hydrogens is 354 g/mol. The summed E-state index contributed by atoms with van der Waals surface area (Å²) in [6.45, 7) is 0.642. The molecule has 1 aliphatic heterocycles. The van der Waals surface area contributed by atoms with Gasteiger partial charge in [-0.25, -0.2) is 18.3 Å². The number of carbonyl (C=O) groups is 1. The summed E-state index contributed by atoms with van der Waals surface area (Å²) in [5, 5.41) is 6.62. The molecule has 3 aromatic rings. The molecule has 0 radical (unpaired) electrons. The number of anilines is 2. The summed E-state index contributed by atoms with van der Waals surface area (Å²) in [5.74, 6) is -0.686. The normalized spacial score (nSPS) is 16.9. The molecule has 9 heteroatoms. The van der Waals surface area contributed by atoms with Gasteiger partial charge in [-0.15, -0.1) is 5.10 Å². The summed E-state index contributed by atoms with van der Waals surface area (Å²) in [5.41, 5.74) is 6.65. The van der Waals surface area contributed by atoms with Gasteiger partial charge in [0.1, 0.15) is 23.0 Å². The molecule has 1 saturated heterocycles. The standard InChI is InChI=1S/C18H18F2N6O/c1-22-18(27)15-16(21)24-26-8-6-14(23-17(15)26)25-7-2-3-13(25)11-9-10(19)4-5-12(11)20/h4-6,8-9,13H,2-3,7H2,1H3,(H2,21,24)(H,22,27). The van der Waals surface area contributed by atoms with Crippen LogP contribution in [0.3, 0.4) is 0 Å². The molecular formula is C18H18F2N6O. The maximum absolute atomic E-state index is 14.3. The lowest BCUT2D eigenvalue weighted by molar-refractivity contribution is 0.0965. The lowest BCUT2D eigenvalue weighted by atomic mass is 10.0. The summed E-state index contributed by atoms with van der Waals surface area (Å²) in [6.07, 6.45) is 3.14. The van der Waals surface area contributed by atoms with Gasteiger partial charge in [0, 0.05) is 25.4 Å². The fourth-order valence-corrected chi connectivity index (χ4v) is 3.57. The van der Waals surface area contributed by atoms with Gasteiger partial charge in [-0.2, -0.15) is 0 Å². The van der Waals surface area contributed by atoms with Crippen LogP contribution in [0.4, 0.5) is 20.4 Å². The number of nitrogens with one attached hydrogen (secondary N) is 1. The Morgan fingerprint density at radius 3 is 2.93 bits per heavy atom. The smallest absolute Gasteiger partial charge is 0.258 e. The van der Waals surface area contributed by atoms with Crippen molar-refractivity contribution in [3.63, 3.8) is 0 Å². The van der Waals surface area contributed by atoms with Crippen molar-refractivity contribution in [3.05, 3.63) is 53.2 Å². The molecule has 0 aliphatic carbocycles. The number of nitrogens with zero attached hydrogens (tertiary/aromatic N) is 4. The number of halogens is 2. The molecule has 1 unspecified atom stereocenters. The van der Waals surface area contributed by atoms with E-state index in [1.165, 1.54) is 17.6 Å². The lowest BCUT2D eigenvalue weighted by Crippen LogP contribution is -2.25. The fourth-order valence-electron chi connectivity index (χ4n) is 3.57. The highest BCUT2D eigenvalue weighted by atomic mass is 19.1. The number of hydrogen-bond donors (Lipinski definition) is 2. The molecule has 1 aliphatic rings. The Kier molecular flexibility index (Phi) is 4.14. The highest BCUT2D eigenvalue weighted by Gasteiger charge is 2.30. The second-order valence-corrected chi connectivity index (χ2v) is 6.41. The van der Waals surface area contributed by atoms with E-state index < -0.39 is 11.6 Å². The molecule has 2 aromatic heterocycles. The SMILES string of the molecule is CNC(=O)c1c(N)nn2ccc(N3CCCC3c3cc(F)ccc3F)nc12. The topological polar surface area (TPSA) is 88.5 Å². The Morgan fingerprint density at radius 2 is 2.15 bits per heavy atom. The molecule has 1 aromatic carbocycles. The van der Waals surface area contributed by atoms with Crippen molar-refractivity contribution in [1.29, 1.82) is 0 Å². The van der Waals surface area contributed by atoms with Gasteiger partial charge in [0.25, 0.3) is 5.91 Å². The average molecular weight is 372 g/mol. The molecule has 0 bridgehead atoms. The van der Waals surface area contributed by atoms with Gasteiger partial charge in [-0.3, -0.25) is 4.79 Å². The number of aromatic nitrogens is 3. The molecule has 27 heavy (non-hydrogen) atoms. The Hall–Kier alpha value is -3.23. The highest BCUT2D eigenvalue weighted by Crippen LogP contribution is 2.37. The van der Waals surface area contributed by atoms with E-state index in [1.807, 2.05) is 4.90 Å². The minimum absolute atomic E-state index is 0.0770. The van der Waals surface area contributed by atoms with E-state index in [0.717, 1.165) is 18.6 Å². The second kappa shape index (κ2) is 6.49. The molecule has 0 spiro atoms. The first-order chi connectivity index (χ1) is 13.0. The largest absolute Gasteiger partial charge is 0.381 e. The van der Waals surface area contributed by atoms with E-state index in [4.69, 9.17) is 5.73 Å². The van der Waals surface area contributed by atoms with Crippen LogP contribution in [-0.4, -0.2) is 34.1 Å². The van der Waals surface area contributed by atoms with E-state index in [9.17, 15) is 13.6 Å². The molecule has 1 fully saturated rings. The van der Waals surface area contributed by atoms with Crippen LogP contribution in [0.15, 0.2) is 30.5 Å². The van der Waals surface area contributed by atoms with Crippen molar-refractivity contribution >= 4 is 23.2 Å². The van der Waals surface area contributed by atoms with Gasteiger partial charge in [-0.05, 0) is 37.1 Å². The monoisotopic (exact) mass is 372 g/mol. The van der Waals surface area contributed by atoms with Crippen LogP contribution in [0.5, 0.6) is 0 Å². The maximum Gasteiger partial charge on any atom is 0.258 e. The Bertz CT molecular complexity index is 1030. The van der Waals surface area contributed by atoms with Crippen molar-refractivity contribution < 1.29 is 13.6 Å². The molecule has 3 N–H and O–H groups in total. The lowest BCUT2D eigenvalue weighted by Gasteiger charge is -2.26. The van der Waals surface area contributed by atoms with Crippen LogP contribution in [-0.2, 0) is 0 Å². The number of fused-ring (bicyclic) bond motifs is 1. The highest BCUT2D eigenvalue weighted by molar-refractivity contribution is 6.04. The number of nitrogens with two attached hydrogens (primary N) is 1. The number of rotatable bonds is 3. The fraction of sp³-hybridized carbons (Fsp3) is 0.278. The minimum Gasteiger partial charge on any atom is -0.381 e. The van der Waals surface area contributed by atoms with Crippen LogP contribution in [0.1, 0.15) is 34.8 Å². The summed E-state index contributed by atoms with van der Waals surface area (Å²) in [6, 6.07) is 4.86. The number of amides is 1. The molecule has 140 valence electrons. The van der Waals surface area contributed by atoms with E-state index in [2.05, 4.69) is 15.4 Å². The van der Waals surface area contributed by atoms with Gasteiger partial charge in [0.05, 0.1) is 6.04 Å². The molecule has 4 rings (SSSR count). The van der Waals surface area contributed by atoms with Gasteiger partial charge in [0.15, 0.2) is 11.5 Å². The predicted octanol–water partition coefficient (Wildman–Crippen LogP) is 2.29. The van der Waals surface area contributed by atoms with Crippen molar-refractivity contribution in [3.8, 4) is 0 Å². The van der Waals surface area contributed by atoms with Gasteiger partial charge < -0.3 is 16.0 Å². The van der Waals surface area contributed by atoms with E-state index in [0.29, 0.717) is 30.0 Å². The Balaban J connectivity index is 1.79. The first-order valence-electron chi connectivity index (χ1n) is 8.58. The average Bonchev–Trinajstić information content (AvgIpc) is 3.26. The van der Waals surface area contributed by atoms with Gasteiger partial charge >= 0.3 is 0 Å². The molecule has 3 heterocycles. The van der Waals surface area contributed by atoms with Crippen molar-refractivity contribution in [2.45, 2.75) is 18.9 Å². The molecule has 1 atom stereocenters. The zero-order chi connectivity index (χ0) is 19.1. The van der Waals surface area contributed by atoms with Gasteiger partial charge in [0.2, 0.25) is 0 Å². The summed E-state index contributed by atoms with van der Waals surface area (Å²) < 4.78 is 29.4. The van der Waals surface area contributed by atoms with Crippen LogP contribution in [0.2, 0.25) is 0 Å². The quantitative estimate of drug-likeness (QED) is 0.736. The van der Waals surface area contributed by atoms with E-state index >= 15 is 0 Å². The third kappa shape index (κ3) is 2.84. The molecule has 0 saturated carbocycles.